The predicted octanol–water partition coefficient (Wildman–Crippen LogP) is 12.9. The van der Waals surface area contributed by atoms with E-state index in [1.165, 1.54) is 141 Å². The van der Waals surface area contributed by atoms with E-state index in [1.807, 2.05) is 0 Å². The number of aliphatic carboxylic acids is 1. The van der Waals surface area contributed by atoms with E-state index in [1.54, 1.807) is 0 Å². The number of carbonyl (C=O) groups is 2. The maximum atomic E-state index is 13.1. The molecule has 0 aliphatic carbocycles. The van der Waals surface area contributed by atoms with Crippen molar-refractivity contribution in [3.63, 3.8) is 0 Å². The number of aliphatic hydroxyl groups is 1. The summed E-state index contributed by atoms with van der Waals surface area (Å²) in [5.41, 5.74) is 0. The molecule has 0 aromatic carbocycles. The van der Waals surface area contributed by atoms with Gasteiger partial charge in [-0.3, -0.25) is 9.59 Å². The normalized spacial score (nSPS) is 12.1. The lowest BCUT2D eigenvalue weighted by Crippen LogP contribution is -2.14. The summed E-state index contributed by atoms with van der Waals surface area (Å²) in [6, 6.07) is 0. The molecule has 0 amide bonds. The van der Waals surface area contributed by atoms with Crippen molar-refractivity contribution in [1.29, 1.82) is 0 Å². The Hall–Kier alpha value is -0.900. The Morgan fingerprint density at radius 1 is 0.409 bits per heavy atom. The van der Waals surface area contributed by atoms with Crippen LogP contribution < -0.4 is 0 Å². The maximum absolute atomic E-state index is 13.1. The van der Waals surface area contributed by atoms with E-state index < -0.39 is 5.97 Å². The molecule has 0 aromatic rings. The van der Waals surface area contributed by atoms with Gasteiger partial charge in [-0.15, -0.1) is 0 Å². The van der Waals surface area contributed by atoms with E-state index in [2.05, 4.69) is 6.92 Å². The summed E-state index contributed by atoms with van der Waals surface area (Å²) in [4.78, 5) is 23.7. The number of ketones is 1. The molecular formula is C40H78O4. The van der Waals surface area contributed by atoms with Gasteiger partial charge in [0.1, 0.15) is 5.78 Å². The zero-order valence-corrected chi connectivity index (χ0v) is 29.7. The van der Waals surface area contributed by atoms with Crippen LogP contribution in [-0.4, -0.2) is 28.6 Å². The van der Waals surface area contributed by atoms with Gasteiger partial charge >= 0.3 is 5.97 Å². The van der Waals surface area contributed by atoms with E-state index in [4.69, 9.17) is 10.2 Å². The van der Waals surface area contributed by atoms with Crippen LogP contribution in [0.25, 0.3) is 0 Å². The molecule has 0 saturated carbocycles. The lowest BCUT2D eigenvalue weighted by molar-refractivity contribution is -0.137. The van der Waals surface area contributed by atoms with E-state index in [0.717, 1.165) is 77.0 Å². The number of carboxylic acids is 1. The number of carboxylic acid groups (broad SMARTS) is 1. The average molecular weight is 623 g/mol. The minimum absolute atomic E-state index is 0.246. The molecule has 4 heteroatoms. The van der Waals surface area contributed by atoms with Gasteiger partial charge in [0.2, 0.25) is 0 Å². The Morgan fingerprint density at radius 2 is 0.705 bits per heavy atom. The van der Waals surface area contributed by atoms with Gasteiger partial charge in [0, 0.05) is 25.4 Å². The average Bonchev–Trinajstić information content (AvgIpc) is 3.01. The molecule has 262 valence electrons. The van der Waals surface area contributed by atoms with E-state index in [9.17, 15) is 9.59 Å². The van der Waals surface area contributed by atoms with Crippen LogP contribution in [0.1, 0.15) is 232 Å². The minimum atomic E-state index is -0.682. The topological polar surface area (TPSA) is 74.6 Å². The van der Waals surface area contributed by atoms with Crippen molar-refractivity contribution in [2.24, 2.45) is 5.92 Å². The number of Topliss-reactive ketones (excluding diaryl/α,β-unsaturated/α-hetero) is 1. The standard InChI is InChI=1S/C40H78O4/c1-2-3-4-5-6-7-8-9-10-11-12-13-14-15-16-17-21-24-30-35-39(42)38(34-29-26-27-32-37-41)33-28-23-20-18-19-22-25-31-36-40(43)44/h38,41H,2-37H2,1H3,(H,43,44). The quantitative estimate of drug-likeness (QED) is 0.0672. The van der Waals surface area contributed by atoms with Gasteiger partial charge in [-0.25, -0.2) is 0 Å². The van der Waals surface area contributed by atoms with Crippen molar-refractivity contribution in [2.45, 2.75) is 232 Å². The first-order valence-electron chi connectivity index (χ1n) is 20.0. The molecule has 0 aliphatic heterocycles. The van der Waals surface area contributed by atoms with E-state index in [-0.39, 0.29) is 12.5 Å². The van der Waals surface area contributed by atoms with Crippen molar-refractivity contribution in [3.8, 4) is 0 Å². The van der Waals surface area contributed by atoms with Crippen molar-refractivity contribution in [2.75, 3.05) is 6.61 Å². The summed E-state index contributed by atoms with van der Waals surface area (Å²) in [7, 11) is 0. The third-order valence-corrected chi connectivity index (χ3v) is 9.64. The number of rotatable bonds is 38. The molecular weight excluding hydrogens is 544 g/mol. The molecule has 1 atom stereocenters. The molecule has 4 nitrogen and oxygen atoms in total. The Bertz CT molecular complexity index is 590. The zero-order chi connectivity index (χ0) is 32.2. The fraction of sp³-hybridized carbons (Fsp3) is 0.950. The Labute approximate surface area is 275 Å². The van der Waals surface area contributed by atoms with Gasteiger partial charge < -0.3 is 10.2 Å². The first-order valence-corrected chi connectivity index (χ1v) is 20.0. The summed E-state index contributed by atoms with van der Waals surface area (Å²) in [6.45, 7) is 2.57. The number of aliphatic hydroxyl groups excluding tert-OH is 1. The van der Waals surface area contributed by atoms with Crippen LogP contribution in [0, 0.1) is 5.92 Å². The summed E-state index contributed by atoms with van der Waals surface area (Å²) in [6.07, 6.45) is 42.6. The second-order valence-electron chi connectivity index (χ2n) is 14.0. The van der Waals surface area contributed by atoms with Gasteiger partial charge in [-0.1, -0.05) is 187 Å². The molecule has 0 radical (unpaired) electrons. The molecule has 0 bridgehead atoms. The molecule has 0 fully saturated rings. The maximum Gasteiger partial charge on any atom is 0.303 e. The van der Waals surface area contributed by atoms with Gasteiger partial charge in [-0.2, -0.15) is 0 Å². The minimum Gasteiger partial charge on any atom is -0.481 e. The van der Waals surface area contributed by atoms with Crippen molar-refractivity contribution in [3.05, 3.63) is 0 Å². The highest BCUT2D eigenvalue weighted by Crippen LogP contribution is 2.23. The zero-order valence-electron chi connectivity index (χ0n) is 29.7. The third-order valence-electron chi connectivity index (χ3n) is 9.64. The highest BCUT2D eigenvalue weighted by molar-refractivity contribution is 5.80. The second-order valence-corrected chi connectivity index (χ2v) is 14.0. The van der Waals surface area contributed by atoms with Crippen LogP contribution in [0.15, 0.2) is 0 Å². The molecule has 0 heterocycles. The van der Waals surface area contributed by atoms with Gasteiger partial charge in [0.15, 0.2) is 0 Å². The van der Waals surface area contributed by atoms with Gasteiger partial charge in [0.05, 0.1) is 0 Å². The molecule has 0 rings (SSSR count). The van der Waals surface area contributed by atoms with Crippen LogP contribution in [0.3, 0.4) is 0 Å². The second kappa shape index (κ2) is 36.6. The fourth-order valence-electron chi connectivity index (χ4n) is 6.63. The third kappa shape index (κ3) is 34.0. The Kier molecular flexibility index (Phi) is 35.8. The largest absolute Gasteiger partial charge is 0.481 e. The summed E-state index contributed by atoms with van der Waals surface area (Å²) >= 11 is 0. The van der Waals surface area contributed by atoms with Crippen molar-refractivity contribution >= 4 is 11.8 Å². The summed E-state index contributed by atoms with van der Waals surface area (Å²) in [5.74, 6) is 0.0751. The van der Waals surface area contributed by atoms with Crippen LogP contribution in [0.4, 0.5) is 0 Å². The smallest absolute Gasteiger partial charge is 0.303 e. The first kappa shape index (κ1) is 43.1. The first-order chi connectivity index (χ1) is 21.6. The van der Waals surface area contributed by atoms with E-state index in [0.29, 0.717) is 12.2 Å². The van der Waals surface area contributed by atoms with Gasteiger partial charge in [-0.05, 0) is 32.1 Å². The Morgan fingerprint density at radius 3 is 1.05 bits per heavy atom. The molecule has 44 heavy (non-hydrogen) atoms. The Balaban J connectivity index is 3.77. The SMILES string of the molecule is CCCCCCCCCCCCCCCCCCCCCC(=O)C(CCCCCCO)CCCCCCCCCCC(=O)O. The fourth-order valence-corrected chi connectivity index (χ4v) is 6.63. The van der Waals surface area contributed by atoms with Crippen molar-refractivity contribution in [1.82, 2.24) is 0 Å². The number of hydrogen-bond acceptors (Lipinski definition) is 3. The molecule has 1 unspecified atom stereocenters. The van der Waals surface area contributed by atoms with Crippen LogP contribution in [0.2, 0.25) is 0 Å². The van der Waals surface area contributed by atoms with Crippen molar-refractivity contribution < 1.29 is 19.8 Å². The van der Waals surface area contributed by atoms with Gasteiger partial charge in [0.25, 0.3) is 0 Å². The number of carbonyl (C=O) groups excluding carboxylic acids is 1. The monoisotopic (exact) mass is 623 g/mol. The van der Waals surface area contributed by atoms with Crippen LogP contribution in [-0.2, 0) is 9.59 Å². The molecule has 0 spiro atoms. The summed E-state index contributed by atoms with van der Waals surface area (Å²) < 4.78 is 0. The number of hydrogen-bond donors (Lipinski definition) is 2. The molecule has 0 aromatic heterocycles. The van der Waals surface area contributed by atoms with Crippen LogP contribution >= 0.6 is 0 Å². The lowest BCUT2D eigenvalue weighted by atomic mass is 9.88. The summed E-state index contributed by atoms with van der Waals surface area (Å²) in [5, 5.41) is 17.8. The van der Waals surface area contributed by atoms with E-state index >= 15 is 0 Å². The lowest BCUT2D eigenvalue weighted by Gasteiger charge is -2.16. The van der Waals surface area contributed by atoms with Crippen LogP contribution in [0.5, 0.6) is 0 Å². The molecule has 0 saturated heterocycles. The highest BCUT2D eigenvalue weighted by atomic mass is 16.4. The molecule has 0 aliphatic rings. The highest BCUT2D eigenvalue weighted by Gasteiger charge is 2.17. The number of unbranched alkanes of at least 4 members (excludes halogenated alkanes) is 28. The molecule has 2 N–H and O–H groups in total. The predicted molar refractivity (Wildman–Crippen MR) is 190 cm³/mol.